The lowest BCUT2D eigenvalue weighted by Crippen LogP contribution is -2.23. The topological polar surface area (TPSA) is 94.5 Å². The van der Waals surface area contributed by atoms with Crippen molar-refractivity contribution in [3.05, 3.63) is 54.7 Å². The molecule has 0 spiro atoms. The lowest BCUT2D eigenvalue weighted by Gasteiger charge is -2.10. The molecule has 1 unspecified atom stereocenters. The summed E-state index contributed by atoms with van der Waals surface area (Å²) in [5.41, 5.74) is 2.33. The number of hydrogen-bond donors (Lipinski definition) is 2. The standard InChI is InChI=1S/C22H22N4O4/c1-3-30-17-10-6-15(7-11-17)24-20(27)12-19-22(28)25-21-18(13-23-26(19)21)14-4-8-16(29-2)9-5-14/h4-11,13,19H,3,12H2,1-2H3,(H,24,27)(H,25,28). The first-order valence-corrected chi connectivity index (χ1v) is 9.64. The van der Waals surface area contributed by atoms with Crippen molar-refractivity contribution < 1.29 is 19.1 Å². The van der Waals surface area contributed by atoms with Gasteiger partial charge in [-0.3, -0.25) is 9.59 Å². The van der Waals surface area contributed by atoms with E-state index in [4.69, 9.17) is 9.47 Å². The minimum atomic E-state index is -0.699. The van der Waals surface area contributed by atoms with Crippen molar-refractivity contribution in [2.24, 2.45) is 0 Å². The van der Waals surface area contributed by atoms with Crippen LogP contribution in [0.3, 0.4) is 0 Å². The van der Waals surface area contributed by atoms with Crippen LogP contribution in [0.2, 0.25) is 0 Å². The molecule has 1 aromatic heterocycles. The lowest BCUT2D eigenvalue weighted by molar-refractivity contribution is -0.123. The second-order valence-electron chi connectivity index (χ2n) is 6.79. The van der Waals surface area contributed by atoms with Gasteiger partial charge in [-0.05, 0) is 48.9 Å². The number of rotatable bonds is 7. The molecule has 0 saturated carbocycles. The molecule has 2 aromatic carbocycles. The number of hydrogen-bond acceptors (Lipinski definition) is 5. The predicted molar refractivity (Wildman–Crippen MR) is 113 cm³/mol. The van der Waals surface area contributed by atoms with Crippen LogP contribution in [0, 0.1) is 0 Å². The summed E-state index contributed by atoms with van der Waals surface area (Å²) in [6.45, 7) is 2.49. The van der Waals surface area contributed by atoms with Gasteiger partial charge in [0, 0.05) is 11.3 Å². The van der Waals surface area contributed by atoms with Crippen LogP contribution in [-0.4, -0.2) is 35.3 Å². The van der Waals surface area contributed by atoms with E-state index >= 15 is 0 Å². The fourth-order valence-electron chi connectivity index (χ4n) is 3.38. The van der Waals surface area contributed by atoms with Crippen molar-refractivity contribution >= 4 is 23.3 Å². The average Bonchev–Trinajstić information content (AvgIpc) is 3.29. The highest BCUT2D eigenvalue weighted by Crippen LogP contribution is 2.36. The Hall–Kier alpha value is -3.81. The number of fused-ring (bicyclic) bond motifs is 1. The highest BCUT2D eigenvalue weighted by atomic mass is 16.5. The maximum atomic E-state index is 12.5. The molecule has 154 valence electrons. The number of carbonyl (C=O) groups is 2. The van der Waals surface area contributed by atoms with Gasteiger partial charge in [0.25, 0.3) is 5.91 Å². The van der Waals surface area contributed by atoms with Gasteiger partial charge in [-0.25, -0.2) is 4.68 Å². The number of carbonyl (C=O) groups excluding carboxylic acids is 2. The van der Waals surface area contributed by atoms with Crippen LogP contribution in [0.1, 0.15) is 19.4 Å². The van der Waals surface area contributed by atoms with Gasteiger partial charge < -0.3 is 20.1 Å². The van der Waals surface area contributed by atoms with Crippen molar-refractivity contribution in [1.82, 2.24) is 9.78 Å². The van der Waals surface area contributed by atoms with E-state index in [9.17, 15) is 9.59 Å². The molecule has 2 amide bonds. The SMILES string of the molecule is CCOc1ccc(NC(=O)CC2C(=O)Nc3c(-c4ccc(OC)cc4)cnn32)cc1. The monoisotopic (exact) mass is 406 g/mol. The number of nitrogens with one attached hydrogen (secondary N) is 2. The van der Waals surface area contributed by atoms with Crippen molar-refractivity contribution in [1.29, 1.82) is 0 Å². The van der Waals surface area contributed by atoms with Crippen LogP contribution in [0.15, 0.2) is 54.7 Å². The van der Waals surface area contributed by atoms with E-state index in [2.05, 4.69) is 15.7 Å². The second kappa shape index (κ2) is 8.28. The Balaban J connectivity index is 1.47. The van der Waals surface area contributed by atoms with Gasteiger partial charge in [-0.2, -0.15) is 5.10 Å². The Morgan fingerprint density at radius 1 is 1.13 bits per heavy atom. The van der Waals surface area contributed by atoms with Crippen molar-refractivity contribution in [2.75, 3.05) is 24.4 Å². The first-order chi connectivity index (χ1) is 14.6. The molecule has 1 aliphatic heterocycles. The molecule has 30 heavy (non-hydrogen) atoms. The van der Waals surface area contributed by atoms with E-state index in [0.29, 0.717) is 18.1 Å². The lowest BCUT2D eigenvalue weighted by atomic mass is 10.1. The van der Waals surface area contributed by atoms with E-state index in [0.717, 1.165) is 22.6 Å². The Kier molecular flexibility index (Phi) is 5.38. The highest BCUT2D eigenvalue weighted by Gasteiger charge is 2.35. The molecular weight excluding hydrogens is 384 g/mol. The number of ether oxygens (including phenoxy) is 2. The Labute approximate surface area is 173 Å². The van der Waals surface area contributed by atoms with E-state index < -0.39 is 6.04 Å². The van der Waals surface area contributed by atoms with E-state index in [1.54, 1.807) is 42.3 Å². The van der Waals surface area contributed by atoms with Gasteiger partial charge in [0.15, 0.2) is 0 Å². The molecule has 1 aliphatic rings. The van der Waals surface area contributed by atoms with Gasteiger partial charge in [-0.15, -0.1) is 0 Å². The van der Waals surface area contributed by atoms with Gasteiger partial charge in [0.2, 0.25) is 5.91 Å². The maximum Gasteiger partial charge on any atom is 0.251 e. The fourth-order valence-corrected chi connectivity index (χ4v) is 3.38. The number of aromatic nitrogens is 2. The molecule has 0 fully saturated rings. The third-order valence-corrected chi connectivity index (χ3v) is 4.86. The summed E-state index contributed by atoms with van der Waals surface area (Å²) >= 11 is 0. The van der Waals surface area contributed by atoms with Crippen molar-refractivity contribution in [3.8, 4) is 22.6 Å². The van der Waals surface area contributed by atoms with E-state index in [1.807, 2.05) is 31.2 Å². The first-order valence-electron chi connectivity index (χ1n) is 9.64. The van der Waals surface area contributed by atoms with Crippen LogP contribution in [0.25, 0.3) is 11.1 Å². The molecule has 4 rings (SSSR count). The summed E-state index contributed by atoms with van der Waals surface area (Å²) in [6, 6.07) is 13.9. The van der Waals surface area contributed by atoms with Crippen LogP contribution >= 0.6 is 0 Å². The molecule has 3 aromatic rings. The highest BCUT2D eigenvalue weighted by molar-refractivity contribution is 6.04. The second-order valence-corrected chi connectivity index (χ2v) is 6.79. The van der Waals surface area contributed by atoms with E-state index in [-0.39, 0.29) is 18.2 Å². The molecule has 2 heterocycles. The van der Waals surface area contributed by atoms with Crippen LogP contribution in [0.4, 0.5) is 11.5 Å². The molecule has 0 saturated heterocycles. The predicted octanol–water partition coefficient (Wildman–Crippen LogP) is 3.48. The maximum absolute atomic E-state index is 12.5. The summed E-state index contributed by atoms with van der Waals surface area (Å²) in [5.74, 6) is 1.54. The number of anilines is 2. The normalized spacial score (nSPS) is 14.7. The van der Waals surface area contributed by atoms with Crippen LogP contribution in [0.5, 0.6) is 11.5 Å². The minimum absolute atomic E-state index is 0.0181. The number of methoxy groups -OCH3 is 1. The summed E-state index contributed by atoms with van der Waals surface area (Å²) in [6.07, 6.45) is 1.67. The van der Waals surface area contributed by atoms with Gasteiger partial charge >= 0.3 is 0 Å². The van der Waals surface area contributed by atoms with Crippen LogP contribution in [-0.2, 0) is 9.59 Å². The van der Waals surface area contributed by atoms with Gasteiger partial charge in [-0.1, -0.05) is 12.1 Å². The first kappa shape index (κ1) is 19.5. The molecule has 8 nitrogen and oxygen atoms in total. The molecule has 0 radical (unpaired) electrons. The van der Waals surface area contributed by atoms with Gasteiger partial charge in [0.05, 0.1) is 26.3 Å². The molecule has 2 N–H and O–H groups in total. The number of amides is 2. The average molecular weight is 406 g/mol. The zero-order chi connectivity index (χ0) is 21.1. The minimum Gasteiger partial charge on any atom is -0.497 e. The smallest absolute Gasteiger partial charge is 0.251 e. The Morgan fingerprint density at radius 3 is 2.50 bits per heavy atom. The largest absolute Gasteiger partial charge is 0.497 e. The quantitative estimate of drug-likeness (QED) is 0.626. The summed E-state index contributed by atoms with van der Waals surface area (Å²) in [4.78, 5) is 25.0. The zero-order valence-electron chi connectivity index (χ0n) is 16.7. The molecule has 8 heteroatoms. The molecular formula is C22H22N4O4. The summed E-state index contributed by atoms with van der Waals surface area (Å²) in [5, 5.41) is 10.0. The number of nitrogens with zero attached hydrogens (tertiary/aromatic N) is 2. The summed E-state index contributed by atoms with van der Waals surface area (Å²) < 4.78 is 12.1. The third-order valence-electron chi connectivity index (χ3n) is 4.86. The van der Waals surface area contributed by atoms with Crippen molar-refractivity contribution in [3.63, 3.8) is 0 Å². The van der Waals surface area contributed by atoms with Crippen molar-refractivity contribution in [2.45, 2.75) is 19.4 Å². The van der Waals surface area contributed by atoms with E-state index in [1.165, 1.54) is 0 Å². The third kappa shape index (κ3) is 3.84. The fraction of sp³-hybridized carbons (Fsp3) is 0.227. The summed E-state index contributed by atoms with van der Waals surface area (Å²) in [7, 11) is 1.61. The molecule has 0 bridgehead atoms. The zero-order valence-corrected chi connectivity index (χ0v) is 16.7. The Morgan fingerprint density at radius 2 is 1.83 bits per heavy atom. The Bertz CT molecular complexity index is 1060. The van der Waals surface area contributed by atoms with Gasteiger partial charge in [0.1, 0.15) is 23.4 Å². The number of benzene rings is 2. The molecule has 1 atom stereocenters. The molecule has 0 aliphatic carbocycles. The van der Waals surface area contributed by atoms with Crippen LogP contribution < -0.4 is 20.1 Å².